The number of carbonyl (C=O) groups excluding carboxylic acids is 1. The van der Waals surface area contributed by atoms with Gasteiger partial charge in [0.25, 0.3) is 0 Å². The van der Waals surface area contributed by atoms with E-state index in [-0.39, 0.29) is 12.6 Å². The highest BCUT2D eigenvalue weighted by atomic mass is 16.5. The van der Waals surface area contributed by atoms with Gasteiger partial charge < -0.3 is 14.6 Å². The Morgan fingerprint density at radius 1 is 1.31 bits per heavy atom. The first-order valence-electron chi connectivity index (χ1n) is 4.50. The number of esters is 1. The third kappa shape index (κ3) is 24.6. The molecular formula is C9H20O4. The maximum atomic E-state index is 9.82. The van der Waals surface area contributed by atoms with Crippen molar-refractivity contribution in [2.45, 2.75) is 27.2 Å². The normalized spacial score (nSPS) is 8.62. The van der Waals surface area contributed by atoms with E-state index in [0.29, 0.717) is 13.2 Å². The Morgan fingerprint density at radius 2 is 1.92 bits per heavy atom. The predicted octanol–water partition coefficient (Wildman–Crippen LogP) is 0.975. The molecule has 0 atom stereocenters. The smallest absolute Gasteiger partial charge is 0.302 e. The Bertz CT molecular complexity index is 99.8. The first kappa shape index (κ1) is 14.9. The SMILES string of the molecule is CCCOCCO.CCOC(C)=O. The molecule has 1 N–H and O–H groups in total. The lowest BCUT2D eigenvalue weighted by Gasteiger charge is -1.94. The van der Waals surface area contributed by atoms with E-state index in [9.17, 15) is 4.79 Å². The molecule has 0 spiro atoms. The summed E-state index contributed by atoms with van der Waals surface area (Å²) in [7, 11) is 0. The van der Waals surface area contributed by atoms with E-state index in [0.717, 1.165) is 13.0 Å². The number of ether oxygens (including phenoxy) is 2. The van der Waals surface area contributed by atoms with Gasteiger partial charge in [-0.25, -0.2) is 0 Å². The van der Waals surface area contributed by atoms with E-state index >= 15 is 0 Å². The van der Waals surface area contributed by atoms with Gasteiger partial charge in [0.2, 0.25) is 0 Å². The summed E-state index contributed by atoms with van der Waals surface area (Å²) in [4.78, 5) is 9.82. The fraction of sp³-hybridized carbons (Fsp3) is 0.889. The van der Waals surface area contributed by atoms with Gasteiger partial charge in [0.15, 0.2) is 0 Å². The van der Waals surface area contributed by atoms with Crippen LogP contribution in [0, 0.1) is 0 Å². The van der Waals surface area contributed by atoms with Gasteiger partial charge in [-0.05, 0) is 13.3 Å². The zero-order valence-corrected chi connectivity index (χ0v) is 8.71. The molecule has 4 nitrogen and oxygen atoms in total. The van der Waals surface area contributed by atoms with Gasteiger partial charge in [0.1, 0.15) is 0 Å². The molecule has 0 fully saturated rings. The van der Waals surface area contributed by atoms with Crippen molar-refractivity contribution in [3.63, 3.8) is 0 Å². The van der Waals surface area contributed by atoms with Crippen LogP contribution >= 0.6 is 0 Å². The fourth-order valence-electron chi connectivity index (χ4n) is 0.514. The van der Waals surface area contributed by atoms with Crippen molar-refractivity contribution in [3.05, 3.63) is 0 Å². The summed E-state index contributed by atoms with van der Waals surface area (Å²) < 4.78 is 9.28. The number of hydrogen-bond donors (Lipinski definition) is 1. The van der Waals surface area contributed by atoms with Crippen molar-refractivity contribution >= 4 is 5.97 Å². The molecular weight excluding hydrogens is 172 g/mol. The van der Waals surface area contributed by atoms with Crippen molar-refractivity contribution in [1.82, 2.24) is 0 Å². The molecule has 0 aromatic carbocycles. The summed E-state index contributed by atoms with van der Waals surface area (Å²) in [6, 6.07) is 0. The molecule has 0 rings (SSSR count). The molecule has 80 valence electrons. The van der Waals surface area contributed by atoms with Crippen LogP contribution in [0.15, 0.2) is 0 Å². The molecule has 0 aromatic heterocycles. The van der Waals surface area contributed by atoms with Crippen molar-refractivity contribution in [2.24, 2.45) is 0 Å². The predicted molar refractivity (Wildman–Crippen MR) is 50.5 cm³/mol. The average molecular weight is 192 g/mol. The van der Waals surface area contributed by atoms with Gasteiger partial charge in [-0.1, -0.05) is 6.92 Å². The lowest BCUT2D eigenvalue weighted by Crippen LogP contribution is -1.98. The highest BCUT2D eigenvalue weighted by Gasteiger charge is 1.81. The largest absolute Gasteiger partial charge is 0.466 e. The minimum Gasteiger partial charge on any atom is -0.466 e. The highest BCUT2D eigenvalue weighted by Crippen LogP contribution is 1.76. The summed E-state index contributed by atoms with van der Waals surface area (Å²) in [5, 5.41) is 8.17. The molecule has 0 aliphatic heterocycles. The van der Waals surface area contributed by atoms with E-state index in [1.54, 1.807) is 6.92 Å². The van der Waals surface area contributed by atoms with Crippen molar-refractivity contribution in [1.29, 1.82) is 0 Å². The second kappa shape index (κ2) is 13.9. The van der Waals surface area contributed by atoms with Crippen molar-refractivity contribution in [3.8, 4) is 0 Å². The van der Waals surface area contributed by atoms with Gasteiger partial charge in [0.05, 0.1) is 19.8 Å². The zero-order chi connectivity index (χ0) is 10.5. The molecule has 0 saturated carbocycles. The molecule has 0 aromatic rings. The van der Waals surface area contributed by atoms with E-state index in [4.69, 9.17) is 9.84 Å². The standard InChI is InChI=1S/C5H12O2.C4H8O2/c1-2-4-7-5-3-6;1-3-6-4(2)5/h6H,2-5H2,1H3;3H2,1-2H3. The van der Waals surface area contributed by atoms with Crippen LogP contribution < -0.4 is 0 Å². The molecule has 0 amide bonds. The molecule has 0 unspecified atom stereocenters. The van der Waals surface area contributed by atoms with Crippen molar-refractivity contribution < 1.29 is 19.4 Å². The zero-order valence-electron chi connectivity index (χ0n) is 8.71. The number of aliphatic hydroxyl groups excluding tert-OH is 1. The highest BCUT2D eigenvalue weighted by molar-refractivity contribution is 5.65. The van der Waals surface area contributed by atoms with Crippen LogP contribution in [0.5, 0.6) is 0 Å². The topological polar surface area (TPSA) is 55.8 Å². The molecule has 4 heteroatoms. The third-order valence-corrected chi connectivity index (χ3v) is 0.932. The number of rotatable bonds is 5. The van der Waals surface area contributed by atoms with Crippen LogP contribution in [-0.4, -0.2) is 37.5 Å². The molecule has 0 aliphatic rings. The minimum atomic E-state index is -0.211. The number of hydrogen-bond acceptors (Lipinski definition) is 4. The molecule has 13 heavy (non-hydrogen) atoms. The summed E-state index contributed by atoms with van der Waals surface area (Å²) in [5.74, 6) is -0.211. The third-order valence-electron chi connectivity index (χ3n) is 0.932. The van der Waals surface area contributed by atoms with Gasteiger partial charge in [-0.15, -0.1) is 0 Å². The minimum absolute atomic E-state index is 0.139. The van der Waals surface area contributed by atoms with Crippen LogP contribution in [0.1, 0.15) is 27.2 Å². The summed E-state index contributed by atoms with van der Waals surface area (Å²) in [6.07, 6.45) is 1.03. The Labute approximate surface area is 79.8 Å². The van der Waals surface area contributed by atoms with Gasteiger partial charge >= 0.3 is 5.97 Å². The Balaban J connectivity index is 0. The molecule has 0 heterocycles. The van der Waals surface area contributed by atoms with Crippen LogP contribution in [0.2, 0.25) is 0 Å². The Hall–Kier alpha value is -0.610. The summed E-state index contributed by atoms with van der Waals surface area (Å²) in [6.45, 7) is 7.08. The second-order valence-electron chi connectivity index (χ2n) is 2.26. The van der Waals surface area contributed by atoms with E-state index in [1.165, 1.54) is 6.92 Å². The van der Waals surface area contributed by atoms with E-state index < -0.39 is 0 Å². The van der Waals surface area contributed by atoms with Crippen LogP contribution in [0.25, 0.3) is 0 Å². The first-order valence-corrected chi connectivity index (χ1v) is 4.50. The van der Waals surface area contributed by atoms with Crippen molar-refractivity contribution in [2.75, 3.05) is 26.4 Å². The maximum Gasteiger partial charge on any atom is 0.302 e. The van der Waals surface area contributed by atoms with Gasteiger partial charge in [-0.2, -0.15) is 0 Å². The molecule has 0 saturated heterocycles. The molecule has 0 bridgehead atoms. The lowest BCUT2D eigenvalue weighted by molar-refractivity contribution is -0.140. The maximum absolute atomic E-state index is 9.82. The second-order valence-corrected chi connectivity index (χ2v) is 2.26. The van der Waals surface area contributed by atoms with E-state index in [1.807, 2.05) is 6.92 Å². The first-order chi connectivity index (χ1) is 6.18. The summed E-state index contributed by atoms with van der Waals surface area (Å²) in [5.41, 5.74) is 0. The van der Waals surface area contributed by atoms with Crippen LogP contribution in [0.4, 0.5) is 0 Å². The molecule has 0 aliphatic carbocycles. The number of aliphatic hydroxyl groups is 1. The van der Waals surface area contributed by atoms with Crippen LogP contribution in [0.3, 0.4) is 0 Å². The van der Waals surface area contributed by atoms with E-state index in [2.05, 4.69) is 4.74 Å². The average Bonchev–Trinajstić information content (AvgIpc) is 2.06. The van der Waals surface area contributed by atoms with Gasteiger partial charge in [-0.3, -0.25) is 4.79 Å². The number of carbonyl (C=O) groups is 1. The Kier molecular flexibility index (Phi) is 16.0. The fourth-order valence-corrected chi connectivity index (χ4v) is 0.514. The summed E-state index contributed by atoms with van der Waals surface area (Å²) >= 11 is 0. The quantitative estimate of drug-likeness (QED) is 0.521. The monoisotopic (exact) mass is 192 g/mol. The Morgan fingerprint density at radius 3 is 2.15 bits per heavy atom. The molecule has 0 radical (unpaired) electrons. The van der Waals surface area contributed by atoms with Crippen LogP contribution in [-0.2, 0) is 14.3 Å². The lowest BCUT2D eigenvalue weighted by atomic mass is 10.5. The van der Waals surface area contributed by atoms with Gasteiger partial charge in [0, 0.05) is 13.5 Å².